The molecular weight excluding hydrogens is 254 g/mol. The highest BCUT2D eigenvalue weighted by atomic mass is 14.9. The molecule has 0 aromatic heterocycles. The van der Waals surface area contributed by atoms with E-state index >= 15 is 0 Å². The highest BCUT2D eigenvalue weighted by Crippen LogP contribution is 2.35. The summed E-state index contributed by atoms with van der Waals surface area (Å²) in [6.45, 7) is 7.62. The predicted octanol–water partition coefficient (Wildman–Crippen LogP) is 4.37. The Kier molecular flexibility index (Phi) is 4.12. The molecule has 1 aliphatic carbocycles. The maximum atomic E-state index is 3.73. The fourth-order valence-corrected chi connectivity index (χ4v) is 3.79. The van der Waals surface area contributed by atoms with Gasteiger partial charge in [-0.25, -0.2) is 0 Å². The monoisotopic (exact) mass is 279 g/mol. The van der Waals surface area contributed by atoms with Gasteiger partial charge in [0.05, 0.1) is 0 Å². The van der Waals surface area contributed by atoms with Crippen molar-refractivity contribution in [2.75, 3.05) is 6.54 Å². The standard InChI is InChI=1S/C20H25N/c1-4-21-20(18-10-14(2)9-15(3)11-18)19-12-16-7-5-6-8-17(16)13-19/h5-11,19-21H,4,12-13H2,1-3H3. The first kappa shape index (κ1) is 14.3. The van der Waals surface area contributed by atoms with Crippen LogP contribution in [-0.2, 0) is 12.8 Å². The van der Waals surface area contributed by atoms with Gasteiger partial charge >= 0.3 is 0 Å². The SMILES string of the molecule is CCNC(c1cc(C)cc(C)c1)C1Cc2ccccc2C1. The van der Waals surface area contributed by atoms with Crippen LogP contribution in [0.25, 0.3) is 0 Å². The Bertz CT molecular complexity index is 584. The number of nitrogens with one attached hydrogen (secondary N) is 1. The molecule has 1 aliphatic rings. The Morgan fingerprint density at radius 2 is 1.57 bits per heavy atom. The van der Waals surface area contributed by atoms with Crippen LogP contribution < -0.4 is 5.32 Å². The van der Waals surface area contributed by atoms with E-state index in [0.717, 1.165) is 6.54 Å². The maximum absolute atomic E-state index is 3.73. The molecule has 1 atom stereocenters. The van der Waals surface area contributed by atoms with Crippen LogP contribution in [0.2, 0.25) is 0 Å². The lowest BCUT2D eigenvalue weighted by Crippen LogP contribution is -2.29. The van der Waals surface area contributed by atoms with Gasteiger partial charge in [0.15, 0.2) is 0 Å². The zero-order valence-corrected chi connectivity index (χ0v) is 13.3. The van der Waals surface area contributed by atoms with Gasteiger partial charge in [0.2, 0.25) is 0 Å². The normalized spacial score (nSPS) is 16.0. The van der Waals surface area contributed by atoms with Gasteiger partial charge in [-0.2, -0.15) is 0 Å². The molecule has 0 spiro atoms. The van der Waals surface area contributed by atoms with Gasteiger partial charge in [-0.3, -0.25) is 0 Å². The van der Waals surface area contributed by atoms with E-state index in [0.29, 0.717) is 12.0 Å². The molecule has 110 valence electrons. The lowest BCUT2D eigenvalue weighted by atomic mass is 9.89. The third-order valence-electron chi connectivity index (χ3n) is 4.58. The minimum absolute atomic E-state index is 0.459. The number of fused-ring (bicyclic) bond motifs is 1. The Hall–Kier alpha value is -1.60. The second-order valence-corrected chi connectivity index (χ2v) is 6.39. The molecule has 21 heavy (non-hydrogen) atoms. The second kappa shape index (κ2) is 6.03. The molecule has 0 radical (unpaired) electrons. The molecule has 0 bridgehead atoms. The minimum Gasteiger partial charge on any atom is -0.310 e. The maximum Gasteiger partial charge on any atom is 0.0355 e. The van der Waals surface area contributed by atoms with E-state index in [4.69, 9.17) is 0 Å². The van der Waals surface area contributed by atoms with E-state index in [9.17, 15) is 0 Å². The van der Waals surface area contributed by atoms with Gasteiger partial charge in [-0.05, 0) is 55.8 Å². The van der Waals surface area contributed by atoms with E-state index in [1.54, 1.807) is 0 Å². The van der Waals surface area contributed by atoms with Crippen LogP contribution >= 0.6 is 0 Å². The molecule has 0 fully saturated rings. The number of hydrogen-bond acceptors (Lipinski definition) is 1. The molecule has 0 saturated carbocycles. The zero-order chi connectivity index (χ0) is 14.8. The Balaban J connectivity index is 1.89. The van der Waals surface area contributed by atoms with Crippen LogP contribution in [0.5, 0.6) is 0 Å². The minimum atomic E-state index is 0.459. The molecule has 3 rings (SSSR count). The summed E-state index contributed by atoms with van der Waals surface area (Å²) in [5, 5.41) is 3.73. The van der Waals surface area contributed by atoms with Crippen LogP contribution in [0.4, 0.5) is 0 Å². The van der Waals surface area contributed by atoms with E-state index in [-0.39, 0.29) is 0 Å². The molecule has 0 heterocycles. The molecular formula is C20H25N. The van der Waals surface area contributed by atoms with Gasteiger partial charge < -0.3 is 5.32 Å². The van der Waals surface area contributed by atoms with Crippen molar-refractivity contribution in [2.24, 2.45) is 5.92 Å². The van der Waals surface area contributed by atoms with Crippen molar-refractivity contribution in [3.05, 3.63) is 70.3 Å². The van der Waals surface area contributed by atoms with Crippen molar-refractivity contribution in [1.82, 2.24) is 5.32 Å². The van der Waals surface area contributed by atoms with Crippen LogP contribution in [0.3, 0.4) is 0 Å². The molecule has 2 aromatic carbocycles. The number of benzene rings is 2. The average molecular weight is 279 g/mol. The van der Waals surface area contributed by atoms with Crippen LogP contribution in [-0.4, -0.2) is 6.54 Å². The molecule has 2 aromatic rings. The first-order valence-corrected chi connectivity index (χ1v) is 8.05. The molecule has 1 unspecified atom stereocenters. The summed E-state index contributed by atoms with van der Waals surface area (Å²) < 4.78 is 0. The summed E-state index contributed by atoms with van der Waals surface area (Å²) in [5.41, 5.74) is 7.25. The van der Waals surface area contributed by atoms with E-state index in [1.807, 2.05) is 0 Å². The average Bonchev–Trinajstić information content (AvgIpc) is 2.87. The third-order valence-corrected chi connectivity index (χ3v) is 4.58. The summed E-state index contributed by atoms with van der Waals surface area (Å²) >= 11 is 0. The van der Waals surface area contributed by atoms with Crippen molar-refractivity contribution in [1.29, 1.82) is 0 Å². The van der Waals surface area contributed by atoms with Crippen molar-refractivity contribution < 1.29 is 0 Å². The summed E-state index contributed by atoms with van der Waals surface area (Å²) in [6.07, 6.45) is 2.39. The van der Waals surface area contributed by atoms with Crippen LogP contribution in [0.1, 0.15) is 40.8 Å². The molecule has 0 saturated heterocycles. The lowest BCUT2D eigenvalue weighted by Gasteiger charge is -2.25. The fraction of sp³-hybridized carbons (Fsp3) is 0.400. The first-order valence-electron chi connectivity index (χ1n) is 8.05. The molecule has 0 amide bonds. The lowest BCUT2D eigenvalue weighted by molar-refractivity contribution is 0.380. The molecule has 1 nitrogen and oxygen atoms in total. The van der Waals surface area contributed by atoms with Crippen molar-refractivity contribution in [3.63, 3.8) is 0 Å². The van der Waals surface area contributed by atoms with Crippen LogP contribution in [0.15, 0.2) is 42.5 Å². The number of rotatable bonds is 4. The number of aryl methyl sites for hydroxylation is 2. The van der Waals surface area contributed by atoms with Gasteiger partial charge in [0, 0.05) is 6.04 Å². The Morgan fingerprint density at radius 3 is 2.10 bits per heavy atom. The van der Waals surface area contributed by atoms with E-state index in [2.05, 4.69) is 68.6 Å². The van der Waals surface area contributed by atoms with Gasteiger partial charge in [-0.15, -0.1) is 0 Å². The quantitative estimate of drug-likeness (QED) is 0.876. The van der Waals surface area contributed by atoms with Gasteiger partial charge in [0.25, 0.3) is 0 Å². The number of hydrogen-bond donors (Lipinski definition) is 1. The van der Waals surface area contributed by atoms with Crippen LogP contribution in [0, 0.1) is 19.8 Å². The summed E-state index contributed by atoms with van der Waals surface area (Å²) in [6, 6.07) is 16.3. The fourth-order valence-electron chi connectivity index (χ4n) is 3.79. The molecule has 1 N–H and O–H groups in total. The highest BCUT2D eigenvalue weighted by molar-refractivity contribution is 5.36. The highest BCUT2D eigenvalue weighted by Gasteiger charge is 2.29. The third kappa shape index (κ3) is 3.03. The van der Waals surface area contributed by atoms with Crippen molar-refractivity contribution in [3.8, 4) is 0 Å². The van der Waals surface area contributed by atoms with Crippen molar-refractivity contribution >= 4 is 0 Å². The Morgan fingerprint density at radius 1 is 1.00 bits per heavy atom. The van der Waals surface area contributed by atoms with Gasteiger partial charge in [-0.1, -0.05) is 60.5 Å². The van der Waals surface area contributed by atoms with E-state index in [1.165, 1.54) is 40.7 Å². The van der Waals surface area contributed by atoms with Crippen molar-refractivity contribution in [2.45, 2.75) is 39.7 Å². The largest absolute Gasteiger partial charge is 0.310 e. The Labute approximate surface area is 128 Å². The summed E-state index contributed by atoms with van der Waals surface area (Å²) in [5.74, 6) is 0.670. The topological polar surface area (TPSA) is 12.0 Å². The summed E-state index contributed by atoms with van der Waals surface area (Å²) in [4.78, 5) is 0. The van der Waals surface area contributed by atoms with E-state index < -0.39 is 0 Å². The summed E-state index contributed by atoms with van der Waals surface area (Å²) in [7, 11) is 0. The predicted molar refractivity (Wildman–Crippen MR) is 89.7 cm³/mol. The molecule has 0 aliphatic heterocycles. The molecule has 1 heteroatoms. The first-order chi connectivity index (χ1) is 10.2. The second-order valence-electron chi connectivity index (χ2n) is 6.39. The van der Waals surface area contributed by atoms with Gasteiger partial charge in [0.1, 0.15) is 0 Å². The zero-order valence-electron chi connectivity index (χ0n) is 13.3. The smallest absolute Gasteiger partial charge is 0.0355 e.